The molecular formula is C22H22O11. The Morgan fingerprint density at radius 1 is 0.909 bits per heavy atom. The Morgan fingerprint density at radius 2 is 1.64 bits per heavy atom. The lowest BCUT2D eigenvalue weighted by atomic mass is 9.81. The highest BCUT2D eigenvalue weighted by Crippen LogP contribution is 2.39. The van der Waals surface area contributed by atoms with E-state index in [0.29, 0.717) is 0 Å². The molecule has 0 aliphatic heterocycles. The Balaban J connectivity index is 1.91. The van der Waals surface area contributed by atoms with Crippen LogP contribution in [-0.2, 0) is 0 Å². The minimum atomic E-state index is -1.67. The normalized spacial score (nSPS) is 25.3. The van der Waals surface area contributed by atoms with Gasteiger partial charge in [0.25, 0.3) is 0 Å². The van der Waals surface area contributed by atoms with Crippen molar-refractivity contribution in [3.63, 3.8) is 0 Å². The minimum absolute atomic E-state index is 0.0757. The van der Waals surface area contributed by atoms with Gasteiger partial charge >= 0.3 is 0 Å². The fraction of sp³-hybridized carbons (Fsp3) is 0.318. The van der Waals surface area contributed by atoms with E-state index in [1.807, 2.05) is 0 Å². The third kappa shape index (κ3) is 3.91. The summed E-state index contributed by atoms with van der Waals surface area (Å²) in [6, 6.07) is 5.53. The summed E-state index contributed by atoms with van der Waals surface area (Å²) in [6.45, 7) is -0.518. The van der Waals surface area contributed by atoms with E-state index in [0.717, 1.165) is 24.3 Å². The largest absolute Gasteiger partial charge is 0.508 e. The summed E-state index contributed by atoms with van der Waals surface area (Å²) >= 11 is 0. The number of benzene rings is 2. The van der Waals surface area contributed by atoms with E-state index >= 15 is 0 Å². The second-order valence-electron chi connectivity index (χ2n) is 7.94. The molecule has 1 heterocycles. The van der Waals surface area contributed by atoms with Gasteiger partial charge in [0.2, 0.25) is 11.2 Å². The molecule has 176 valence electrons. The maximum Gasteiger partial charge on any atom is 0.239 e. The molecule has 5 unspecified atom stereocenters. The van der Waals surface area contributed by atoms with Crippen LogP contribution in [0.25, 0.3) is 22.3 Å². The number of ether oxygens (including phenoxy) is 1. The van der Waals surface area contributed by atoms with Crippen LogP contribution in [-0.4, -0.2) is 71.9 Å². The van der Waals surface area contributed by atoms with Gasteiger partial charge in [-0.3, -0.25) is 4.79 Å². The van der Waals surface area contributed by atoms with E-state index < -0.39 is 65.4 Å². The second-order valence-corrected chi connectivity index (χ2v) is 7.94. The highest BCUT2D eigenvalue weighted by molar-refractivity contribution is 5.88. The Morgan fingerprint density at radius 3 is 2.30 bits per heavy atom. The van der Waals surface area contributed by atoms with Crippen LogP contribution in [0.5, 0.6) is 28.7 Å². The van der Waals surface area contributed by atoms with Gasteiger partial charge in [0.1, 0.15) is 40.8 Å². The van der Waals surface area contributed by atoms with Crippen LogP contribution in [0.1, 0.15) is 6.42 Å². The summed E-state index contributed by atoms with van der Waals surface area (Å²) in [5, 5.41) is 79.3. The zero-order valence-electron chi connectivity index (χ0n) is 17.0. The van der Waals surface area contributed by atoms with E-state index in [2.05, 4.69) is 0 Å². The van der Waals surface area contributed by atoms with E-state index in [1.165, 1.54) is 6.07 Å². The minimum Gasteiger partial charge on any atom is -0.508 e. The molecule has 1 aliphatic rings. The summed E-state index contributed by atoms with van der Waals surface area (Å²) in [5.74, 6) is -3.58. The predicted molar refractivity (Wildman–Crippen MR) is 112 cm³/mol. The zero-order chi connectivity index (χ0) is 24.0. The summed E-state index contributed by atoms with van der Waals surface area (Å²) in [4.78, 5) is 13.3. The molecule has 3 aromatic rings. The van der Waals surface area contributed by atoms with Gasteiger partial charge in [0, 0.05) is 30.2 Å². The molecule has 11 heteroatoms. The van der Waals surface area contributed by atoms with Gasteiger partial charge in [0.05, 0.1) is 6.10 Å². The molecule has 2 aromatic carbocycles. The molecule has 5 atom stereocenters. The fourth-order valence-corrected chi connectivity index (χ4v) is 3.96. The van der Waals surface area contributed by atoms with Gasteiger partial charge in [-0.25, -0.2) is 0 Å². The van der Waals surface area contributed by atoms with Crippen LogP contribution < -0.4 is 10.2 Å². The van der Waals surface area contributed by atoms with Gasteiger partial charge < -0.3 is 50.0 Å². The number of phenols is 4. The van der Waals surface area contributed by atoms with Crippen molar-refractivity contribution >= 4 is 11.0 Å². The summed E-state index contributed by atoms with van der Waals surface area (Å²) in [7, 11) is 0. The molecular weight excluding hydrogens is 440 g/mol. The van der Waals surface area contributed by atoms with Crippen LogP contribution in [0.15, 0.2) is 39.5 Å². The summed E-state index contributed by atoms with van der Waals surface area (Å²) < 4.78 is 11.5. The van der Waals surface area contributed by atoms with Crippen LogP contribution in [0.3, 0.4) is 0 Å². The fourth-order valence-electron chi connectivity index (χ4n) is 3.96. The lowest BCUT2D eigenvalue weighted by Gasteiger charge is -2.39. The van der Waals surface area contributed by atoms with Crippen molar-refractivity contribution in [1.29, 1.82) is 0 Å². The van der Waals surface area contributed by atoms with Crippen LogP contribution in [0, 0.1) is 5.92 Å². The first-order chi connectivity index (χ1) is 15.6. The van der Waals surface area contributed by atoms with E-state index in [9.17, 15) is 45.6 Å². The number of aromatic hydroxyl groups is 4. The maximum absolute atomic E-state index is 13.3. The smallest absolute Gasteiger partial charge is 0.239 e. The highest BCUT2D eigenvalue weighted by atomic mass is 16.5. The van der Waals surface area contributed by atoms with Crippen molar-refractivity contribution in [2.24, 2.45) is 5.92 Å². The number of aliphatic hydroxyl groups is 4. The van der Waals surface area contributed by atoms with Crippen molar-refractivity contribution in [3.8, 4) is 40.1 Å². The highest BCUT2D eigenvalue weighted by Gasteiger charge is 2.44. The maximum atomic E-state index is 13.3. The number of rotatable bonds is 4. The molecule has 1 aliphatic carbocycles. The Hall–Kier alpha value is -3.51. The summed E-state index contributed by atoms with van der Waals surface area (Å²) in [5.41, 5.74) is -1.02. The molecule has 11 nitrogen and oxygen atoms in total. The average Bonchev–Trinajstić information content (AvgIpc) is 2.76. The monoisotopic (exact) mass is 462 g/mol. The van der Waals surface area contributed by atoms with Crippen LogP contribution in [0.2, 0.25) is 0 Å². The molecule has 8 N–H and O–H groups in total. The quantitative estimate of drug-likeness (QED) is 0.245. The van der Waals surface area contributed by atoms with Gasteiger partial charge in [-0.15, -0.1) is 0 Å². The molecule has 1 aromatic heterocycles. The van der Waals surface area contributed by atoms with E-state index in [1.54, 1.807) is 0 Å². The van der Waals surface area contributed by atoms with Crippen LogP contribution >= 0.6 is 0 Å². The SMILES string of the molecule is O=c1c(OC2CC(CO)C(O)C(O)C2O)c(-c2ccc(O)c(O)c2)oc2cc(O)cc(O)c12. The third-order valence-corrected chi connectivity index (χ3v) is 5.76. The Bertz CT molecular complexity index is 1250. The molecule has 1 fully saturated rings. The molecule has 0 spiro atoms. The molecule has 0 amide bonds. The molecule has 4 rings (SSSR count). The molecule has 0 radical (unpaired) electrons. The van der Waals surface area contributed by atoms with Crippen molar-refractivity contribution in [2.75, 3.05) is 6.61 Å². The van der Waals surface area contributed by atoms with Crippen molar-refractivity contribution in [3.05, 3.63) is 40.6 Å². The third-order valence-electron chi connectivity index (χ3n) is 5.76. The Labute approximate surface area is 185 Å². The number of fused-ring (bicyclic) bond motifs is 1. The van der Waals surface area contributed by atoms with Gasteiger partial charge in [-0.05, 0) is 24.6 Å². The molecule has 33 heavy (non-hydrogen) atoms. The number of phenolic OH excluding ortho intramolecular Hbond substituents is 4. The van der Waals surface area contributed by atoms with Crippen molar-refractivity contribution < 1.29 is 50.0 Å². The number of hydrogen-bond donors (Lipinski definition) is 8. The second kappa shape index (κ2) is 8.45. The van der Waals surface area contributed by atoms with Crippen molar-refractivity contribution in [2.45, 2.75) is 30.8 Å². The van der Waals surface area contributed by atoms with Crippen LogP contribution in [0.4, 0.5) is 0 Å². The lowest BCUT2D eigenvalue weighted by molar-refractivity contribution is -0.157. The summed E-state index contributed by atoms with van der Waals surface area (Å²) in [6.07, 6.45) is -6.11. The van der Waals surface area contributed by atoms with Crippen molar-refractivity contribution in [1.82, 2.24) is 0 Å². The topological polar surface area (TPSA) is 201 Å². The Kier molecular flexibility index (Phi) is 5.80. The van der Waals surface area contributed by atoms with E-state index in [-0.39, 0.29) is 34.5 Å². The average molecular weight is 462 g/mol. The molecule has 0 saturated heterocycles. The predicted octanol–water partition coefficient (Wildman–Crippen LogP) is 0.125. The number of hydrogen-bond acceptors (Lipinski definition) is 11. The zero-order valence-corrected chi connectivity index (χ0v) is 17.0. The van der Waals surface area contributed by atoms with Gasteiger partial charge in [0.15, 0.2) is 17.3 Å². The molecule has 1 saturated carbocycles. The first-order valence-electron chi connectivity index (χ1n) is 9.99. The first-order valence-corrected chi connectivity index (χ1v) is 9.99. The standard InChI is InChI=1S/C22H22O11/c23-7-9-4-15(18(29)20(31)17(9)28)33-22-19(30)16-13(27)5-10(24)6-14(16)32-21(22)8-1-2-11(25)12(26)3-8/h1-3,5-6,9,15,17-18,20,23-29,31H,4,7H2. The lowest BCUT2D eigenvalue weighted by Crippen LogP contribution is -2.56. The number of aliphatic hydroxyl groups excluding tert-OH is 4. The van der Waals surface area contributed by atoms with Gasteiger partial charge in [-0.1, -0.05) is 0 Å². The van der Waals surface area contributed by atoms with E-state index in [4.69, 9.17) is 9.15 Å². The van der Waals surface area contributed by atoms with Gasteiger partial charge in [-0.2, -0.15) is 0 Å². The molecule has 0 bridgehead atoms. The first kappa shape index (κ1) is 22.7.